The predicted molar refractivity (Wildman–Crippen MR) is 99.2 cm³/mol. The van der Waals surface area contributed by atoms with E-state index in [0.717, 1.165) is 39.8 Å². The quantitative estimate of drug-likeness (QED) is 0.280. The molecule has 23 heavy (non-hydrogen) atoms. The van der Waals surface area contributed by atoms with Crippen molar-refractivity contribution in [3.8, 4) is 0 Å². The average molecular weight is 359 g/mol. The first-order valence-corrected chi connectivity index (χ1v) is 9.67. The van der Waals surface area contributed by atoms with Crippen molar-refractivity contribution in [2.45, 2.75) is 58.1 Å². The largest absolute Gasteiger partial charge is 0.367 e. The molecule has 0 aromatic heterocycles. The van der Waals surface area contributed by atoms with Crippen LogP contribution in [0.4, 0.5) is 0 Å². The van der Waals surface area contributed by atoms with Gasteiger partial charge in [-0.3, -0.25) is 0 Å². The van der Waals surface area contributed by atoms with Gasteiger partial charge in [0.15, 0.2) is 0 Å². The summed E-state index contributed by atoms with van der Waals surface area (Å²) in [6.45, 7) is 6.34. The molecule has 130 valence electrons. The first kappa shape index (κ1) is 19.1. The Morgan fingerprint density at radius 3 is 2.52 bits per heavy atom. The van der Waals surface area contributed by atoms with Gasteiger partial charge in [0.1, 0.15) is 19.2 Å². The number of hydrogen-bond donors (Lipinski definition) is 0. The lowest BCUT2D eigenvalue weighted by Gasteiger charge is -2.34. The van der Waals surface area contributed by atoms with Gasteiger partial charge >= 0.3 is 0 Å². The number of likely N-dealkylation sites (N-methyl/N-ethyl adjacent to an activating group) is 1. The minimum atomic E-state index is 0.429. The summed E-state index contributed by atoms with van der Waals surface area (Å²) in [5.74, 6) is 0. The Hall–Kier alpha value is -0.280. The molecule has 0 spiro atoms. The Kier molecular flexibility index (Phi) is 7.68. The number of quaternary nitrogens is 1. The molecule has 0 saturated carbocycles. The third-order valence-electron chi connectivity index (χ3n) is 4.66. The number of hydrogen-bond acceptors (Lipinski definition) is 1. The van der Waals surface area contributed by atoms with E-state index in [4.69, 9.17) is 27.9 Å². The molecule has 1 fully saturated rings. The fourth-order valence-electron chi connectivity index (χ4n) is 3.25. The van der Waals surface area contributed by atoms with Crippen LogP contribution in [-0.4, -0.2) is 37.3 Å². The molecule has 2 rings (SSSR count). The molecule has 1 aliphatic heterocycles. The van der Waals surface area contributed by atoms with E-state index in [1.165, 1.54) is 45.1 Å². The molecule has 0 N–H and O–H groups in total. The molecule has 1 aromatic rings. The van der Waals surface area contributed by atoms with Gasteiger partial charge in [-0.2, -0.15) is 0 Å². The monoisotopic (exact) mass is 358 g/mol. The fraction of sp³-hybridized carbons (Fsp3) is 0.684. The van der Waals surface area contributed by atoms with E-state index >= 15 is 0 Å². The highest BCUT2D eigenvalue weighted by molar-refractivity contribution is 6.33. The summed E-state index contributed by atoms with van der Waals surface area (Å²) in [6, 6.07) is 5.77. The van der Waals surface area contributed by atoms with Gasteiger partial charge in [-0.15, -0.1) is 0 Å². The molecular formula is C19H30Cl2NO+. The molecule has 1 aliphatic rings. The highest BCUT2D eigenvalue weighted by atomic mass is 35.5. The van der Waals surface area contributed by atoms with Crippen LogP contribution >= 0.6 is 23.2 Å². The average Bonchev–Trinajstić information content (AvgIpc) is 3.30. The summed E-state index contributed by atoms with van der Waals surface area (Å²) in [5.41, 5.74) is 1.15. The van der Waals surface area contributed by atoms with E-state index in [-0.39, 0.29) is 0 Å². The third-order valence-corrected chi connectivity index (χ3v) is 5.26. The van der Waals surface area contributed by atoms with E-state index in [0.29, 0.717) is 6.10 Å². The first-order valence-electron chi connectivity index (χ1n) is 8.91. The second-order valence-corrected chi connectivity index (χ2v) is 7.99. The van der Waals surface area contributed by atoms with E-state index in [1.54, 1.807) is 0 Å². The fourth-order valence-corrected chi connectivity index (χ4v) is 3.62. The van der Waals surface area contributed by atoms with E-state index < -0.39 is 0 Å². The lowest BCUT2D eigenvalue weighted by atomic mass is 10.1. The van der Waals surface area contributed by atoms with E-state index in [2.05, 4.69) is 14.0 Å². The molecule has 1 aromatic carbocycles. The van der Waals surface area contributed by atoms with Crippen LogP contribution in [0.1, 0.15) is 51.0 Å². The van der Waals surface area contributed by atoms with Crippen LogP contribution in [0.2, 0.25) is 10.0 Å². The number of rotatable bonds is 11. The molecular weight excluding hydrogens is 329 g/mol. The maximum absolute atomic E-state index is 6.37. The van der Waals surface area contributed by atoms with Crippen molar-refractivity contribution in [3.05, 3.63) is 33.8 Å². The number of ether oxygens (including phenoxy) is 1. The predicted octanol–water partition coefficient (Wildman–Crippen LogP) is 5.70. The number of benzene rings is 1. The maximum atomic E-state index is 6.37. The Morgan fingerprint density at radius 2 is 1.83 bits per heavy atom. The molecule has 0 aliphatic carbocycles. The number of halogens is 2. The van der Waals surface area contributed by atoms with Gasteiger partial charge in [0, 0.05) is 15.6 Å². The second-order valence-electron chi connectivity index (χ2n) is 7.14. The standard InChI is InChI=1S/C19H30Cl2NO/c1-3-4-5-6-7-8-11-22(2,14-18-15-23-18)13-16-12-17(20)9-10-19(16)21/h9-10,12,18H,3-8,11,13-15H2,1-2H3/q+1. The van der Waals surface area contributed by atoms with Gasteiger partial charge < -0.3 is 9.22 Å². The van der Waals surface area contributed by atoms with Crippen molar-refractivity contribution < 1.29 is 9.22 Å². The first-order chi connectivity index (χ1) is 11.0. The second kappa shape index (κ2) is 9.27. The minimum absolute atomic E-state index is 0.429. The van der Waals surface area contributed by atoms with Gasteiger partial charge in [0.05, 0.1) is 20.2 Å². The minimum Gasteiger partial charge on any atom is -0.367 e. The normalized spacial score (nSPS) is 19.6. The number of unbranched alkanes of at least 4 members (excludes halogenated alkanes) is 5. The van der Waals surface area contributed by atoms with Gasteiger partial charge in [0.25, 0.3) is 0 Å². The van der Waals surface area contributed by atoms with Crippen LogP contribution in [0.15, 0.2) is 18.2 Å². The molecule has 0 bridgehead atoms. The van der Waals surface area contributed by atoms with Gasteiger partial charge in [0.2, 0.25) is 0 Å². The Bertz CT molecular complexity index is 490. The number of epoxide rings is 1. The smallest absolute Gasteiger partial charge is 0.130 e. The summed E-state index contributed by atoms with van der Waals surface area (Å²) in [6.07, 6.45) is 8.41. The van der Waals surface area contributed by atoms with E-state index in [9.17, 15) is 0 Å². The topological polar surface area (TPSA) is 12.5 Å². The van der Waals surface area contributed by atoms with Crippen LogP contribution in [0, 0.1) is 0 Å². The van der Waals surface area contributed by atoms with Crippen molar-refractivity contribution in [1.29, 1.82) is 0 Å². The molecule has 2 atom stereocenters. The maximum Gasteiger partial charge on any atom is 0.130 e. The summed E-state index contributed by atoms with van der Waals surface area (Å²) >= 11 is 12.5. The molecule has 1 heterocycles. The summed E-state index contributed by atoms with van der Waals surface area (Å²) in [4.78, 5) is 0. The zero-order chi connectivity index (χ0) is 16.7. The van der Waals surface area contributed by atoms with Gasteiger partial charge in [-0.25, -0.2) is 0 Å². The van der Waals surface area contributed by atoms with Crippen LogP contribution in [0.3, 0.4) is 0 Å². The zero-order valence-electron chi connectivity index (χ0n) is 14.5. The third kappa shape index (κ3) is 7.01. The van der Waals surface area contributed by atoms with Crippen molar-refractivity contribution >= 4 is 23.2 Å². The summed E-state index contributed by atoms with van der Waals surface area (Å²) in [5, 5.41) is 1.58. The highest BCUT2D eigenvalue weighted by Crippen LogP contribution is 2.26. The molecule has 1 saturated heterocycles. The zero-order valence-corrected chi connectivity index (χ0v) is 16.0. The Morgan fingerprint density at radius 1 is 1.13 bits per heavy atom. The lowest BCUT2D eigenvalue weighted by Crippen LogP contribution is -2.46. The van der Waals surface area contributed by atoms with Crippen molar-refractivity contribution in [1.82, 2.24) is 0 Å². The highest BCUT2D eigenvalue weighted by Gasteiger charge is 2.34. The van der Waals surface area contributed by atoms with Crippen LogP contribution < -0.4 is 0 Å². The van der Waals surface area contributed by atoms with Crippen molar-refractivity contribution in [2.75, 3.05) is 26.7 Å². The van der Waals surface area contributed by atoms with Crippen molar-refractivity contribution in [2.24, 2.45) is 0 Å². The molecule has 0 amide bonds. The lowest BCUT2D eigenvalue weighted by molar-refractivity contribution is -0.923. The Balaban J connectivity index is 1.90. The van der Waals surface area contributed by atoms with Gasteiger partial charge in [-0.1, -0.05) is 55.8 Å². The van der Waals surface area contributed by atoms with Crippen molar-refractivity contribution in [3.63, 3.8) is 0 Å². The summed E-state index contributed by atoms with van der Waals surface area (Å²) in [7, 11) is 2.32. The molecule has 2 nitrogen and oxygen atoms in total. The Labute approximate surface area is 151 Å². The van der Waals surface area contributed by atoms with Crippen LogP contribution in [0.25, 0.3) is 0 Å². The molecule has 4 heteroatoms. The summed E-state index contributed by atoms with van der Waals surface area (Å²) < 4.78 is 6.47. The van der Waals surface area contributed by atoms with Gasteiger partial charge in [-0.05, 0) is 31.0 Å². The van der Waals surface area contributed by atoms with E-state index in [1.807, 2.05) is 18.2 Å². The number of nitrogens with zero attached hydrogens (tertiary/aromatic N) is 1. The van der Waals surface area contributed by atoms with Crippen LogP contribution in [0.5, 0.6) is 0 Å². The SMILES string of the molecule is CCCCCCCC[N+](C)(Cc1cc(Cl)ccc1Cl)CC1CO1. The molecule has 2 unspecified atom stereocenters. The molecule has 0 radical (unpaired) electrons. The van der Waals surface area contributed by atoms with Crippen LogP contribution in [-0.2, 0) is 11.3 Å².